The van der Waals surface area contributed by atoms with Gasteiger partial charge in [-0.25, -0.2) is 0 Å². The Bertz CT molecular complexity index is 417. The number of amides is 2. The van der Waals surface area contributed by atoms with Gasteiger partial charge in [0, 0.05) is 12.6 Å². The molecular weight excluding hydrogens is 264 g/mol. The molecule has 3 unspecified atom stereocenters. The van der Waals surface area contributed by atoms with Gasteiger partial charge in [0.25, 0.3) is 0 Å². The first-order valence-electron chi connectivity index (χ1n) is 8.77. The summed E-state index contributed by atoms with van der Waals surface area (Å²) >= 11 is 0. The normalized spacial score (nSPS) is 32.5. The first kappa shape index (κ1) is 14.9. The van der Waals surface area contributed by atoms with Crippen molar-refractivity contribution in [2.45, 2.75) is 83.3 Å². The Morgan fingerprint density at radius 2 is 1.71 bits per heavy atom. The molecule has 2 aliphatic heterocycles. The van der Waals surface area contributed by atoms with Crippen LogP contribution in [0.4, 0.5) is 0 Å². The van der Waals surface area contributed by atoms with Crippen molar-refractivity contribution in [3.63, 3.8) is 0 Å². The van der Waals surface area contributed by atoms with Crippen molar-refractivity contribution in [3.05, 3.63) is 0 Å². The molecular formula is C17H28N2O2. The molecule has 3 rings (SSSR count). The molecule has 2 heterocycles. The molecule has 0 bridgehead atoms. The smallest absolute Gasteiger partial charge is 0.246 e. The zero-order valence-electron chi connectivity index (χ0n) is 13.4. The first-order chi connectivity index (χ1) is 10.1. The van der Waals surface area contributed by atoms with Gasteiger partial charge in [-0.1, -0.05) is 19.8 Å². The van der Waals surface area contributed by atoms with Gasteiger partial charge in [-0.2, -0.15) is 0 Å². The Labute approximate surface area is 127 Å². The van der Waals surface area contributed by atoms with Crippen LogP contribution in [-0.4, -0.2) is 46.3 Å². The van der Waals surface area contributed by atoms with Crippen LogP contribution in [0.3, 0.4) is 0 Å². The highest BCUT2D eigenvalue weighted by Gasteiger charge is 2.48. The predicted octanol–water partition coefficient (Wildman–Crippen LogP) is 2.57. The molecule has 3 atom stereocenters. The number of piperazine rings is 1. The highest BCUT2D eigenvalue weighted by atomic mass is 16.2. The fraction of sp³-hybridized carbons (Fsp3) is 0.882. The van der Waals surface area contributed by atoms with Gasteiger partial charge in [-0.15, -0.1) is 0 Å². The van der Waals surface area contributed by atoms with Crippen LogP contribution in [0.15, 0.2) is 0 Å². The summed E-state index contributed by atoms with van der Waals surface area (Å²) in [5, 5.41) is 0. The molecule has 0 aromatic rings. The minimum absolute atomic E-state index is 0.169. The van der Waals surface area contributed by atoms with E-state index in [1.807, 2.05) is 16.7 Å². The summed E-state index contributed by atoms with van der Waals surface area (Å²) in [6.45, 7) is 4.98. The lowest BCUT2D eigenvalue weighted by Crippen LogP contribution is -2.68. The van der Waals surface area contributed by atoms with Crippen molar-refractivity contribution in [2.24, 2.45) is 5.92 Å². The molecule has 0 radical (unpaired) electrons. The minimum Gasteiger partial charge on any atom is -0.329 e. The number of nitrogens with zero attached hydrogens (tertiary/aromatic N) is 2. The Hall–Kier alpha value is -1.06. The van der Waals surface area contributed by atoms with Crippen LogP contribution in [0.1, 0.15) is 65.2 Å². The third-order valence-corrected chi connectivity index (χ3v) is 5.85. The molecule has 118 valence electrons. The molecule has 1 aliphatic carbocycles. The van der Waals surface area contributed by atoms with E-state index in [9.17, 15) is 9.59 Å². The van der Waals surface area contributed by atoms with Crippen molar-refractivity contribution in [2.75, 3.05) is 6.54 Å². The molecule has 4 nitrogen and oxygen atoms in total. The number of fused-ring (bicyclic) bond motifs is 1. The molecule has 0 spiro atoms. The van der Waals surface area contributed by atoms with Gasteiger partial charge in [-0.05, 0) is 51.4 Å². The highest BCUT2D eigenvalue weighted by Crippen LogP contribution is 2.35. The van der Waals surface area contributed by atoms with Crippen molar-refractivity contribution < 1.29 is 9.59 Å². The summed E-state index contributed by atoms with van der Waals surface area (Å²) in [5.41, 5.74) is 0. The molecule has 0 N–H and O–H groups in total. The molecule has 2 saturated heterocycles. The molecule has 21 heavy (non-hydrogen) atoms. The van der Waals surface area contributed by atoms with E-state index in [4.69, 9.17) is 0 Å². The lowest BCUT2D eigenvalue weighted by Gasteiger charge is -2.50. The second kappa shape index (κ2) is 5.98. The van der Waals surface area contributed by atoms with Crippen LogP contribution < -0.4 is 0 Å². The van der Waals surface area contributed by atoms with Gasteiger partial charge < -0.3 is 9.80 Å². The quantitative estimate of drug-likeness (QED) is 0.802. The maximum Gasteiger partial charge on any atom is 0.246 e. The Balaban J connectivity index is 1.85. The van der Waals surface area contributed by atoms with Gasteiger partial charge in [0.1, 0.15) is 12.1 Å². The van der Waals surface area contributed by atoms with Crippen molar-refractivity contribution in [3.8, 4) is 0 Å². The van der Waals surface area contributed by atoms with E-state index in [2.05, 4.69) is 6.92 Å². The Morgan fingerprint density at radius 3 is 2.38 bits per heavy atom. The molecule has 3 aliphatic rings. The molecule has 1 saturated carbocycles. The fourth-order valence-corrected chi connectivity index (χ4v) is 4.61. The van der Waals surface area contributed by atoms with Crippen LogP contribution in [0.2, 0.25) is 0 Å². The second-order valence-corrected chi connectivity index (χ2v) is 7.00. The lowest BCUT2D eigenvalue weighted by atomic mass is 9.89. The Morgan fingerprint density at radius 1 is 1.05 bits per heavy atom. The Kier molecular flexibility index (Phi) is 4.23. The van der Waals surface area contributed by atoms with E-state index in [0.717, 1.165) is 32.2 Å². The average molecular weight is 292 g/mol. The number of rotatable bonds is 3. The SMILES string of the molecule is CCC1C(=O)N2CCCCC2C(=O)N1C(C)C1CCCC1. The number of piperidine rings is 1. The van der Waals surface area contributed by atoms with Crippen molar-refractivity contribution in [1.29, 1.82) is 0 Å². The zero-order chi connectivity index (χ0) is 15.0. The lowest BCUT2D eigenvalue weighted by molar-refractivity contribution is -0.167. The third kappa shape index (κ3) is 2.47. The van der Waals surface area contributed by atoms with Crippen LogP contribution in [0.25, 0.3) is 0 Å². The fourth-order valence-electron chi connectivity index (χ4n) is 4.61. The van der Waals surface area contributed by atoms with E-state index in [1.54, 1.807) is 0 Å². The first-order valence-corrected chi connectivity index (χ1v) is 8.77. The van der Waals surface area contributed by atoms with Gasteiger partial charge in [0.15, 0.2) is 0 Å². The zero-order valence-corrected chi connectivity index (χ0v) is 13.4. The standard InChI is InChI=1S/C17H28N2O2/c1-3-14-16(20)18-11-7-6-10-15(18)17(21)19(14)12(2)13-8-4-5-9-13/h12-15H,3-11H2,1-2H3. The summed E-state index contributed by atoms with van der Waals surface area (Å²) in [7, 11) is 0. The monoisotopic (exact) mass is 292 g/mol. The van der Waals surface area contributed by atoms with Gasteiger partial charge >= 0.3 is 0 Å². The van der Waals surface area contributed by atoms with Crippen molar-refractivity contribution >= 4 is 11.8 Å². The summed E-state index contributed by atoms with van der Waals surface area (Å²) < 4.78 is 0. The van der Waals surface area contributed by atoms with Crippen molar-refractivity contribution in [1.82, 2.24) is 9.80 Å². The third-order valence-electron chi connectivity index (χ3n) is 5.85. The van der Waals surface area contributed by atoms with Gasteiger partial charge in [0.2, 0.25) is 11.8 Å². The summed E-state index contributed by atoms with van der Waals surface area (Å²) in [4.78, 5) is 29.7. The van der Waals surface area contributed by atoms with Crippen LogP contribution in [-0.2, 0) is 9.59 Å². The van der Waals surface area contributed by atoms with E-state index < -0.39 is 0 Å². The molecule has 2 amide bonds. The molecule has 4 heteroatoms. The maximum atomic E-state index is 13.0. The maximum absolute atomic E-state index is 13.0. The second-order valence-electron chi connectivity index (χ2n) is 7.00. The molecule has 3 fully saturated rings. The molecule has 0 aromatic carbocycles. The summed E-state index contributed by atoms with van der Waals surface area (Å²) in [6, 6.07) is -0.168. The summed E-state index contributed by atoms with van der Waals surface area (Å²) in [6.07, 6.45) is 8.69. The summed E-state index contributed by atoms with van der Waals surface area (Å²) in [5.74, 6) is 1.01. The number of hydrogen-bond donors (Lipinski definition) is 0. The van der Waals surface area contributed by atoms with Crippen LogP contribution in [0.5, 0.6) is 0 Å². The van der Waals surface area contributed by atoms with Crippen LogP contribution in [0, 0.1) is 5.92 Å². The molecule has 0 aromatic heterocycles. The minimum atomic E-state index is -0.220. The van der Waals surface area contributed by atoms with E-state index in [0.29, 0.717) is 5.92 Å². The van der Waals surface area contributed by atoms with E-state index >= 15 is 0 Å². The van der Waals surface area contributed by atoms with E-state index in [1.165, 1.54) is 25.7 Å². The number of hydrogen-bond acceptors (Lipinski definition) is 2. The topological polar surface area (TPSA) is 40.6 Å². The van der Waals surface area contributed by atoms with Gasteiger partial charge in [-0.3, -0.25) is 9.59 Å². The largest absolute Gasteiger partial charge is 0.329 e. The average Bonchev–Trinajstić information content (AvgIpc) is 3.04. The van der Waals surface area contributed by atoms with Gasteiger partial charge in [0.05, 0.1) is 0 Å². The number of carbonyl (C=O) groups is 2. The predicted molar refractivity (Wildman–Crippen MR) is 81.7 cm³/mol. The van der Waals surface area contributed by atoms with E-state index in [-0.39, 0.29) is 29.9 Å². The van der Waals surface area contributed by atoms with Crippen LogP contribution >= 0.6 is 0 Å². The number of carbonyl (C=O) groups excluding carboxylic acids is 2. The highest BCUT2D eigenvalue weighted by molar-refractivity contribution is 5.97.